The van der Waals surface area contributed by atoms with E-state index in [9.17, 15) is 0 Å². The maximum atomic E-state index is 5.58. The number of hydrogen-bond acceptors (Lipinski definition) is 4. The third kappa shape index (κ3) is 2.68. The van der Waals surface area contributed by atoms with Crippen LogP contribution in [0.1, 0.15) is 4.88 Å². The Hall–Kier alpha value is -0.650. The minimum Gasteiger partial charge on any atom is -0.486 e. The van der Waals surface area contributed by atoms with Gasteiger partial charge >= 0.3 is 0 Å². The minimum atomic E-state index is 0.637. The first-order valence-corrected chi connectivity index (χ1v) is 8.23. The van der Waals surface area contributed by atoms with E-state index in [1.54, 1.807) is 11.3 Å². The number of rotatable bonds is 3. The van der Waals surface area contributed by atoms with Crippen LogP contribution in [0.5, 0.6) is 11.5 Å². The molecule has 1 aromatic carbocycles. The maximum Gasteiger partial charge on any atom is 0.162 e. The van der Waals surface area contributed by atoms with Gasteiger partial charge in [0.15, 0.2) is 11.5 Å². The summed E-state index contributed by atoms with van der Waals surface area (Å²) >= 11 is 7.14. The van der Waals surface area contributed by atoms with Crippen molar-refractivity contribution in [3.05, 3.63) is 39.0 Å². The van der Waals surface area contributed by atoms with Gasteiger partial charge in [0.05, 0.1) is 0 Å². The smallest absolute Gasteiger partial charge is 0.162 e. The van der Waals surface area contributed by atoms with E-state index in [0.29, 0.717) is 13.2 Å². The summed E-state index contributed by atoms with van der Waals surface area (Å²) in [6.07, 6.45) is 0. The van der Waals surface area contributed by atoms with Crippen molar-refractivity contribution in [3.8, 4) is 11.5 Å². The summed E-state index contributed by atoms with van der Waals surface area (Å²) < 4.78 is 12.3. The molecular formula is C13H11BrO2S2. The van der Waals surface area contributed by atoms with Crippen molar-refractivity contribution in [2.75, 3.05) is 13.2 Å². The molecule has 0 saturated carbocycles. The second kappa shape index (κ2) is 5.55. The van der Waals surface area contributed by atoms with E-state index in [4.69, 9.17) is 9.47 Å². The van der Waals surface area contributed by atoms with Crippen LogP contribution >= 0.6 is 39.0 Å². The van der Waals surface area contributed by atoms with E-state index in [0.717, 1.165) is 17.3 Å². The summed E-state index contributed by atoms with van der Waals surface area (Å²) in [5.41, 5.74) is 0. The van der Waals surface area contributed by atoms with Gasteiger partial charge in [-0.2, -0.15) is 0 Å². The maximum absolute atomic E-state index is 5.58. The molecular weight excluding hydrogens is 332 g/mol. The lowest BCUT2D eigenvalue weighted by atomic mass is 10.3. The second-order valence-corrected chi connectivity index (χ2v) is 6.69. The summed E-state index contributed by atoms with van der Waals surface area (Å²) in [7, 11) is 0. The van der Waals surface area contributed by atoms with Crippen LogP contribution < -0.4 is 9.47 Å². The molecule has 0 radical (unpaired) electrons. The summed E-state index contributed by atoms with van der Waals surface area (Å²) in [5, 5.41) is 2.10. The molecule has 2 heterocycles. The van der Waals surface area contributed by atoms with Crippen LogP contribution in [0.15, 0.2) is 39.0 Å². The van der Waals surface area contributed by atoms with Gasteiger partial charge in [0.1, 0.15) is 13.2 Å². The van der Waals surface area contributed by atoms with Gasteiger partial charge in [0.25, 0.3) is 0 Å². The monoisotopic (exact) mass is 342 g/mol. The zero-order valence-electron chi connectivity index (χ0n) is 9.52. The molecule has 1 aromatic heterocycles. The summed E-state index contributed by atoms with van der Waals surface area (Å²) in [4.78, 5) is 2.56. The predicted octanol–water partition coefficient (Wildman–Crippen LogP) is 4.57. The van der Waals surface area contributed by atoms with Crippen LogP contribution in [0.25, 0.3) is 0 Å². The van der Waals surface area contributed by atoms with Crippen LogP contribution in [-0.4, -0.2) is 13.2 Å². The first-order chi connectivity index (χ1) is 8.83. The average Bonchev–Trinajstić information content (AvgIpc) is 2.82. The number of thiophene rings is 1. The summed E-state index contributed by atoms with van der Waals surface area (Å²) in [5.74, 6) is 2.68. The molecule has 94 valence electrons. The van der Waals surface area contributed by atoms with Crippen molar-refractivity contribution in [3.63, 3.8) is 0 Å². The Labute approximate surface area is 122 Å². The third-order valence-corrected chi connectivity index (χ3v) is 5.70. The van der Waals surface area contributed by atoms with Crippen LogP contribution in [-0.2, 0) is 5.75 Å². The highest BCUT2D eigenvalue weighted by molar-refractivity contribution is 9.10. The van der Waals surface area contributed by atoms with Gasteiger partial charge in [0, 0.05) is 20.0 Å². The lowest BCUT2D eigenvalue weighted by Crippen LogP contribution is -2.15. The molecule has 3 rings (SSSR count). The number of ether oxygens (including phenoxy) is 2. The van der Waals surface area contributed by atoms with E-state index in [1.807, 2.05) is 17.8 Å². The number of halogens is 1. The highest BCUT2D eigenvalue weighted by Gasteiger charge is 2.12. The van der Waals surface area contributed by atoms with Gasteiger partial charge in [-0.25, -0.2) is 0 Å². The van der Waals surface area contributed by atoms with Gasteiger partial charge in [-0.1, -0.05) is 0 Å². The fourth-order valence-corrected chi connectivity index (χ4v) is 4.41. The van der Waals surface area contributed by atoms with Crippen molar-refractivity contribution in [2.45, 2.75) is 10.6 Å². The molecule has 18 heavy (non-hydrogen) atoms. The quantitative estimate of drug-likeness (QED) is 0.761. The van der Waals surface area contributed by atoms with Crippen LogP contribution in [0.4, 0.5) is 0 Å². The number of benzene rings is 1. The first kappa shape index (κ1) is 12.4. The van der Waals surface area contributed by atoms with Crippen molar-refractivity contribution >= 4 is 39.0 Å². The van der Waals surface area contributed by atoms with Crippen molar-refractivity contribution in [1.82, 2.24) is 0 Å². The van der Waals surface area contributed by atoms with Crippen LogP contribution in [0.2, 0.25) is 0 Å². The predicted molar refractivity (Wildman–Crippen MR) is 79.0 cm³/mol. The molecule has 0 N–H and O–H groups in total. The van der Waals surface area contributed by atoms with Gasteiger partial charge in [-0.3, -0.25) is 0 Å². The fraction of sp³-hybridized carbons (Fsp3) is 0.231. The van der Waals surface area contributed by atoms with Crippen molar-refractivity contribution in [2.24, 2.45) is 0 Å². The molecule has 0 amide bonds. The normalized spacial score (nSPS) is 13.6. The molecule has 0 atom stereocenters. The molecule has 0 saturated heterocycles. The van der Waals surface area contributed by atoms with Gasteiger partial charge in [0.2, 0.25) is 0 Å². The van der Waals surface area contributed by atoms with Crippen LogP contribution in [0, 0.1) is 0 Å². The van der Waals surface area contributed by atoms with Crippen LogP contribution in [0.3, 0.4) is 0 Å². The second-order valence-electron chi connectivity index (χ2n) is 3.79. The first-order valence-electron chi connectivity index (χ1n) is 5.57. The standard InChI is InChI=1S/C13H11BrO2S2/c14-10-3-6-17-13(10)8-18-9-1-2-11-12(7-9)16-5-4-15-11/h1-3,6-7H,4-5,8H2. The Bertz CT molecular complexity index is 554. The van der Waals surface area contributed by atoms with Gasteiger partial charge in [-0.15, -0.1) is 23.1 Å². The zero-order chi connectivity index (χ0) is 12.4. The van der Waals surface area contributed by atoms with E-state index in [1.165, 1.54) is 14.2 Å². The molecule has 0 spiro atoms. The van der Waals surface area contributed by atoms with Crippen molar-refractivity contribution in [1.29, 1.82) is 0 Å². The third-order valence-electron chi connectivity index (χ3n) is 2.57. The van der Waals surface area contributed by atoms with Crippen molar-refractivity contribution < 1.29 is 9.47 Å². The van der Waals surface area contributed by atoms with E-state index < -0.39 is 0 Å². The number of hydrogen-bond donors (Lipinski definition) is 0. The minimum absolute atomic E-state index is 0.637. The molecule has 1 aliphatic rings. The number of fused-ring (bicyclic) bond motifs is 1. The Balaban J connectivity index is 1.71. The largest absolute Gasteiger partial charge is 0.486 e. The Kier molecular flexibility index (Phi) is 3.82. The molecule has 0 bridgehead atoms. The van der Waals surface area contributed by atoms with Gasteiger partial charge < -0.3 is 9.47 Å². The molecule has 2 nitrogen and oxygen atoms in total. The zero-order valence-corrected chi connectivity index (χ0v) is 12.7. The lowest BCUT2D eigenvalue weighted by molar-refractivity contribution is 0.171. The summed E-state index contributed by atoms with van der Waals surface area (Å²) in [6.45, 7) is 1.28. The molecule has 0 unspecified atom stereocenters. The van der Waals surface area contributed by atoms with E-state index in [2.05, 4.69) is 39.5 Å². The topological polar surface area (TPSA) is 18.5 Å². The molecule has 5 heteroatoms. The fourth-order valence-electron chi connectivity index (χ4n) is 1.69. The molecule has 2 aromatic rings. The highest BCUT2D eigenvalue weighted by atomic mass is 79.9. The SMILES string of the molecule is Brc1ccsc1CSc1ccc2c(c1)OCCO2. The number of thioether (sulfide) groups is 1. The van der Waals surface area contributed by atoms with E-state index in [-0.39, 0.29) is 0 Å². The lowest BCUT2D eigenvalue weighted by Gasteiger charge is -2.18. The van der Waals surface area contributed by atoms with Gasteiger partial charge in [-0.05, 0) is 45.6 Å². The average molecular weight is 343 g/mol. The Morgan fingerprint density at radius 3 is 2.78 bits per heavy atom. The summed E-state index contributed by atoms with van der Waals surface area (Å²) in [6, 6.07) is 8.21. The Morgan fingerprint density at radius 1 is 1.17 bits per heavy atom. The highest BCUT2D eigenvalue weighted by Crippen LogP contribution is 2.36. The van der Waals surface area contributed by atoms with E-state index >= 15 is 0 Å². The molecule has 0 fully saturated rings. The Morgan fingerprint density at radius 2 is 2.00 bits per heavy atom. The molecule has 0 aliphatic carbocycles. The molecule has 1 aliphatic heterocycles.